The Balaban J connectivity index is 1.41. The van der Waals surface area contributed by atoms with Gasteiger partial charge < -0.3 is 24.8 Å². The quantitative estimate of drug-likeness (QED) is 0.601. The Kier molecular flexibility index (Phi) is 5.32. The fourth-order valence-electron chi connectivity index (χ4n) is 4.59. The van der Waals surface area contributed by atoms with E-state index in [-0.39, 0.29) is 24.3 Å². The Morgan fingerprint density at radius 1 is 1.27 bits per heavy atom. The number of hydrogen-bond acceptors (Lipinski definition) is 6. The van der Waals surface area contributed by atoms with Crippen LogP contribution in [0, 0.1) is 0 Å². The highest BCUT2D eigenvalue weighted by Gasteiger charge is 2.45. The van der Waals surface area contributed by atoms with Gasteiger partial charge in [0.2, 0.25) is 0 Å². The molecule has 1 aromatic heterocycles. The molecule has 2 heterocycles. The molecule has 3 aromatic rings. The number of amides is 2. The number of para-hydroxylation sites is 1. The summed E-state index contributed by atoms with van der Waals surface area (Å²) in [5.74, 6) is 1.31. The fourth-order valence-corrected chi connectivity index (χ4v) is 4.59. The number of rotatable bonds is 4. The van der Waals surface area contributed by atoms with Crippen molar-refractivity contribution in [3.05, 3.63) is 48.2 Å². The van der Waals surface area contributed by atoms with Gasteiger partial charge in [-0.1, -0.05) is 18.2 Å². The summed E-state index contributed by atoms with van der Waals surface area (Å²) in [7, 11) is 1.52. The standard InChI is InChI=1S/C24H26N4O5/c1-3-32-23(30)28-20-12-15(31-2)11-18(17(20)14-25-28)26-22(29)27-19-13-24(9-6-10-24)33-21-8-5-4-7-16(19)21/h4-5,7-8,11-12,14,19H,3,6,9-10,13H2,1-2H3,(H2,26,27,29). The van der Waals surface area contributed by atoms with E-state index in [0.29, 0.717) is 22.3 Å². The van der Waals surface area contributed by atoms with Crippen LogP contribution < -0.4 is 20.1 Å². The summed E-state index contributed by atoms with van der Waals surface area (Å²) in [6.45, 7) is 1.95. The summed E-state index contributed by atoms with van der Waals surface area (Å²) in [6.07, 6.45) is 4.77. The highest BCUT2D eigenvalue weighted by molar-refractivity contribution is 6.03. The molecule has 0 radical (unpaired) electrons. The van der Waals surface area contributed by atoms with Gasteiger partial charge in [-0.15, -0.1) is 0 Å². The first-order valence-corrected chi connectivity index (χ1v) is 11.1. The molecule has 9 nitrogen and oxygen atoms in total. The summed E-state index contributed by atoms with van der Waals surface area (Å²) >= 11 is 0. The molecule has 1 spiro atoms. The van der Waals surface area contributed by atoms with E-state index in [9.17, 15) is 9.59 Å². The van der Waals surface area contributed by atoms with Gasteiger partial charge in [0, 0.05) is 29.5 Å². The number of benzene rings is 2. The van der Waals surface area contributed by atoms with Crippen molar-refractivity contribution in [1.29, 1.82) is 0 Å². The molecule has 2 amide bonds. The lowest BCUT2D eigenvalue weighted by molar-refractivity contribution is -0.0354. The second-order valence-corrected chi connectivity index (χ2v) is 8.39. The highest BCUT2D eigenvalue weighted by Crippen LogP contribution is 2.48. The van der Waals surface area contributed by atoms with Gasteiger partial charge in [-0.25, -0.2) is 9.59 Å². The lowest BCUT2D eigenvalue weighted by Crippen LogP contribution is -2.50. The number of carbonyl (C=O) groups is 2. The number of nitrogens with one attached hydrogen (secondary N) is 2. The maximum Gasteiger partial charge on any atom is 0.435 e. The molecule has 1 aliphatic carbocycles. The van der Waals surface area contributed by atoms with Crippen LogP contribution >= 0.6 is 0 Å². The van der Waals surface area contributed by atoms with Gasteiger partial charge in [-0.05, 0) is 32.3 Å². The number of anilines is 1. The van der Waals surface area contributed by atoms with Crippen molar-refractivity contribution in [2.45, 2.75) is 44.2 Å². The van der Waals surface area contributed by atoms with E-state index in [2.05, 4.69) is 15.7 Å². The van der Waals surface area contributed by atoms with Crippen molar-refractivity contribution in [2.75, 3.05) is 19.0 Å². The van der Waals surface area contributed by atoms with Gasteiger partial charge >= 0.3 is 12.1 Å². The number of ether oxygens (including phenoxy) is 3. The summed E-state index contributed by atoms with van der Waals surface area (Å²) in [6, 6.07) is 10.7. The minimum atomic E-state index is -0.597. The topological polar surface area (TPSA) is 104 Å². The predicted molar refractivity (Wildman–Crippen MR) is 122 cm³/mol. The fraction of sp³-hybridized carbons (Fsp3) is 0.375. The molecule has 0 saturated heterocycles. The molecular formula is C24H26N4O5. The van der Waals surface area contributed by atoms with E-state index in [1.54, 1.807) is 19.1 Å². The number of fused-ring (bicyclic) bond motifs is 2. The molecule has 1 fully saturated rings. The Labute approximate surface area is 191 Å². The average Bonchev–Trinajstić information content (AvgIpc) is 3.22. The molecule has 1 saturated carbocycles. The molecular weight excluding hydrogens is 424 g/mol. The van der Waals surface area contributed by atoms with Gasteiger partial charge in [0.15, 0.2) is 0 Å². The summed E-state index contributed by atoms with van der Waals surface area (Å²) in [4.78, 5) is 25.3. The van der Waals surface area contributed by atoms with Crippen molar-refractivity contribution in [3.8, 4) is 11.5 Å². The van der Waals surface area contributed by atoms with Crippen molar-refractivity contribution in [1.82, 2.24) is 15.1 Å². The Bertz CT molecular complexity index is 1220. The third kappa shape index (κ3) is 3.83. The molecule has 9 heteroatoms. The van der Waals surface area contributed by atoms with E-state index in [1.165, 1.54) is 13.3 Å². The first kappa shape index (κ1) is 21.1. The van der Waals surface area contributed by atoms with Crippen LogP contribution in [0.3, 0.4) is 0 Å². The Hall–Kier alpha value is -3.75. The number of urea groups is 1. The lowest BCUT2D eigenvalue weighted by atomic mass is 9.73. The normalized spacial score (nSPS) is 18.1. The molecule has 172 valence electrons. The lowest BCUT2D eigenvalue weighted by Gasteiger charge is -2.48. The van der Waals surface area contributed by atoms with Gasteiger partial charge in [-0.3, -0.25) is 0 Å². The third-order valence-corrected chi connectivity index (χ3v) is 6.35. The van der Waals surface area contributed by atoms with Crippen LogP contribution in [0.25, 0.3) is 10.9 Å². The Morgan fingerprint density at radius 3 is 2.82 bits per heavy atom. The van der Waals surface area contributed by atoms with Gasteiger partial charge in [0.05, 0.1) is 37.2 Å². The monoisotopic (exact) mass is 450 g/mol. The van der Waals surface area contributed by atoms with Crippen molar-refractivity contribution < 1.29 is 23.8 Å². The minimum absolute atomic E-state index is 0.168. The van der Waals surface area contributed by atoms with Crippen LogP contribution in [0.5, 0.6) is 11.5 Å². The maximum atomic E-state index is 13.1. The van der Waals surface area contributed by atoms with Crippen LogP contribution in [-0.4, -0.2) is 41.2 Å². The number of methoxy groups -OCH3 is 1. The van der Waals surface area contributed by atoms with Crippen molar-refractivity contribution in [2.24, 2.45) is 0 Å². The molecule has 2 aromatic carbocycles. The van der Waals surface area contributed by atoms with Gasteiger partial charge in [0.1, 0.15) is 17.1 Å². The summed E-state index contributed by atoms with van der Waals surface area (Å²) < 4.78 is 17.9. The number of carbonyl (C=O) groups excluding carboxylic acids is 2. The molecule has 1 unspecified atom stereocenters. The largest absolute Gasteiger partial charge is 0.497 e. The Morgan fingerprint density at radius 2 is 2.09 bits per heavy atom. The number of hydrogen-bond donors (Lipinski definition) is 2. The van der Waals surface area contributed by atoms with Gasteiger partial charge in [0.25, 0.3) is 0 Å². The molecule has 0 bridgehead atoms. The second kappa shape index (κ2) is 8.31. The highest BCUT2D eigenvalue weighted by atomic mass is 16.6. The number of nitrogens with zero attached hydrogens (tertiary/aromatic N) is 2. The van der Waals surface area contributed by atoms with Crippen LogP contribution in [0.15, 0.2) is 42.6 Å². The van der Waals surface area contributed by atoms with Crippen LogP contribution in [0.1, 0.15) is 44.2 Å². The molecule has 33 heavy (non-hydrogen) atoms. The molecule has 1 atom stereocenters. The van der Waals surface area contributed by atoms with E-state index in [0.717, 1.165) is 41.7 Å². The van der Waals surface area contributed by atoms with E-state index in [1.807, 2.05) is 24.3 Å². The number of aromatic nitrogens is 2. The second-order valence-electron chi connectivity index (χ2n) is 8.39. The predicted octanol–water partition coefficient (Wildman–Crippen LogP) is 4.62. The zero-order chi connectivity index (χ0) is 23.0. The smallest absolute Gasteiger partial charge is 0.435 e. The maximum absolute atomic E-state index is 13.1. The van der Waals surface area contributed by atoms with Crippen molar-refractivity contribution in [3.63, 3.8) is 0 Å². The zero-order valence-electron chi connectivity index (χ0n) is 18.6. The van der Waals surface area contributed by atoms with Crippen LogP contribution in [0.4, 0.5) is 15.3 Å². The molecule has 5 rings (SSSR count). The molecule has 1 aliphatic heterocycles. The minimum Gasteiger partial charge on any atom is -0.497 e. The average molecular weight is 450 g/mol. The van der Waals surface area contributed by atoms with Crippen LogP contribution in [-0.2, 0) is 4.74 Å². The summed E-state index contributed by atoms with van der Waals surface area (Å²) in [5, 5.41) is 10.8. The van der Waals surface area contributed by atoms with E-state index >= 15 is 0 Å². The summed E-state index contributed by atoms with van der Waals surface area (Å²) in [5.41, 5.74) is 1.73. The van der Waals surface area contributed by atoms with E-state index < -0.39 is 6.09 Å². The SMILES string of the molecule is CCOC(=O)n1ncc2c(NC(=O)NC3CC4(CCC4)Oc4ccccc43)cc(OC)cc21. The zero-order valence-corrected chi connectivity index (χ0v) is 18.6. The van der Waals surface area contributed by atoms with Gasteiger partial charge in [-0.2, -0.15) is 9.78 Å². The van der Waals surface area contributed by atoms with Crippen LogP contribution in [0.2, 0.25) is 0 Å². The molecule has 2 N–H and O–H groups in total. The first-order valence-electron chi connectivity index (χ1n) is 11.1. The third-order valence-electron chi connectivity index (χ3n) is 6.35. The molecule has 2 aliphatic rings. The first-order chi connectivity index (χ1) is 16.0. The van der Waals surface area contributed by atoms with E-state index in [4.69, 9.17) is 14.2 Å². The van der Waals surface area contributed by atoms with Crippen molar-refractivity contribution >= 4 is 28.7 Å².